The topological polar surface area (TPSA) is 35.6 Å². The van der Waals surface area contributed by atoms with Crippen LogP contribution in [0.3, 0.4) is 0 Å². The summed E-state index contributed by atoms with van der Waals surface area (Å²) in [5, 5.41) is 4.08. The summed E-state index contributed by atoms with van der Waals surface area (Å²) in [5.41, 5.74) is 1.17. The average molecular weight is 364 g/mol. The van der Waals surface area contributed by atoms with Crippen molar-refractivity contribution in [3.05, 3.63) is 29.3 Å². The van der Waals surface area contributed by atoms with Crippen LogP contribution in [0, 0.1) is 5.92 Å². The molecular formula is C20H30ClN3O. The van der Waals surface area contributed by atoms with E-state index in [1.807, 2.05) is 25.1 Å². The first-order valence-corrected chi connectivity index (χ1v) is 9.97. The van der Waals surface area contributed by atoms with Crippen molar-refractivity contribution in [1.29, 1.82) is 0 Å². The fourth-order valence-corrected chi connectivity index (χ4v) is 4.22. The molecule has 1 amide bonds. The SMILES string of the molecule is C[C@H](C(=O)N[C@H]1CCCC[C@@H]1C)N1CCN(c2cccc(Cl)c2)CC1. The number of carbonyl (C=O) groups excluding carboxylic acids is 1. The highest BCUT2D eigenvalue weighted by Gasteiger charge is 2.29. The summed E-state index contributed by atoms with van der Waals surface area (Å²) >= 11 is 6.10. The van der Waals surface area contributed by atoms with Gasteiger partial charge in [-0.3, -0.25) is 9.69 Å². The molecule has 3 rings (SSSR count). The first-order valence-electron chi connectivity index (χ1n) is 9.59. The quantitative estimate of drug-likeness (QED) is 0.888. The Morgan fingerprint density at radius 2 is 1.92 bits per heavy atom. The lowest BCUT2D eigenvalue weighted by atomic mass is 9.86. The van der Waals surface area contributed by atoms with Crippen molar-refractivity contribution in [2.75, 3.05) is 31.1 Å². The summed E-state index contributed by atoms with van der Waals surface area (Å²) < 4.78 is 0. The molecular weight excluding hydrogens is 334 g/mol. The molecule has 4 nitrogen and oxygen atoms in total. The molecule has 0 spiro atoms. The number of nitrogens with zero attached hydrogens (tertiary/aromatic N) is 2. The minimum atomic E-state index is -0.0596. The van der Waals surface area contributed by atoms with Crippen molar-refractivity contribution in [1.82, 2.24) is 10.2 Å². The summed E-state index contributed by atoms with van der Waals surface area (Å²) in [6.07, 6.45) is 4.90. The van der Waals surface area contributed by atoms with Gasteiger partial charge >= 0.3 is 0 Å². The van der Waals surface area contributed by atoms with Crippen LogP contribution in [0.5, 0.6) is 0 Å². The van der Waals surface area contributed by atoms with Gasteiger partial charge in [0.25, 0.3) is 0 Å². The van der Waals surface area contributed by atoms with Gasteiger partial charge in [-0.1, -0.05) is 37.4 Å². The Morgan fingerprint density at radius 3 is 2.60 bits per heavy atom. The molecule has 0 bridgehead atoms. The number of hydrogen-bond donors (Lipinski definition) is 1. The molecule has 2 fully saturated rings. The van der Waals surface area contributed by atoms with Crippen LogP contribution in [0.15, 0.2) is 24.3 Å². The molecule has 0 aromatic heterocycles. The Labute approximate surface area is 156 Å². The van der Waals surface area contributed by atoms with Crippen LogP contribution in [0.4, 0.5) is 5.69 Å². The van der Waals surface area contributed by atoms with Crippen LogP contribution in [0.25, 0.3) is 0 Å². The highest BCUT2D eigenvalue weighted by atomic mass is 35.5. The second-order valence-corrected chi connectivity index (χ2v) is 7.99. The summed E-state index contributed by atoms with van der Waals surface area (Å²) in [6, 6.07) is 8.30. The van der Waals surface area contributed by atoms with Crippen LogP contribution in [0.1, 0.15) is 39.5 Å². The van der Waals surface area contributed by atoms with E-state index >= 15 is 0 Å². The van der Waals surface area contributed by atoms with E-state index < -0.39 is 0 Å². The van der Waals surface area contributed by atoms with Crippen LogP contribution in [-0.4, -0.2) is 49.1 Å². The van der Waals surface area contributed by atoms with Crippen LogP contribution in [-0.2, 0) is 4.79 Å². The average Bonchev–Trinajstić information content (AvgIpc) is 2.63. The number of carbonyl (C=O) groups is 1. The number of rotatable bonds is 4. The number of benzene rings is 1. The monoisotopic (exact) mass is 363 g/mol. The van der Waals surface area contributed by atoms with Crippen molar-refractivity contribution in [2.24, 2.45) is 5.92 Å². The fraction of sp³-hybridized carbons (Fsp3) is 0.650. The first kappa shape index (κ1) is 18.5. The molecule has 1 N–H and O–H groups in total. The molecule has 1 aliphatic heterocycles. The second kappa shape index (κ2) is 8.41. The molecule has 5 heteroatoms. The molecule has 1 aromatic carbocycles. The van der Waals surface area contributed by atoms with Gasteiger partial charge in [-0.05, 0) is 43.9 Å². The third-order valence-electron chi connectivity index (χ3n) is 5.85. The largest absolute Gasteiger partial charge is 0.369 e. The maximum absolute atomic E-state index is 12.7. The molecule has 0 radical (unpaired) electrons. The van der Waals surface area contributed by atoms with E-state index in [1.54, 1.807) is 0 Å². The zero-order valence-electron chi connectivity index (χ0n) is 15.4. The minimum Gasteiger partial charge on any atom is -0.369 e. The molecule has 0 unspecified atom stereocenters. The summed E-state index contributed by atoms with van der Waals surface area (Å²) in [4.78, 5) is 17.3. The van der Waals surface area contributed by atoms with Gasteiger partial charge < -0.3 is 10.2 Å². The highest BCUT2D eigenvalue weighted by Crippen LogP contribution is 2.24. The predicted octanol–water partition coefficient (Wildman–Crippen LogP) is 3.55. The summed E-state index contributed by atoms with van der Waals surface area (Å²) in [6.45, 7) is 7.97. The van der Waals surface area contributed by atoms with Gasteiger partial charge in [-0.15, -0.1) is 0 Å². The number of hydrogen-bond acceptors (Lipinski definition) is 3. The van der Waals surface area contributed by atoms with Crippen molar-refractivity contribution < 1.29 is 4.79 Å². The zero-order valence-corrected chi connectivity index (χ0v) is 16.1. The normalized spacial score (nSPS) is 26.3. The van der Waals surface area contributed by atoms with Crippen LogP contribution < -0.4 is 10.2 Å². The third-order valence-corrected chi connectivity index (χ3v) is 6.09. The van der Waals surface area contributed by atoms with E-state index in [2.05, 4.69) is 28.1 Å². The lowest BCUT2D eigenvalue weighted by Gasteiger charge is -2.39. The Kier molecular flexibility index (Phi) is 6.24. The van der Waals surface area contributed by atoms with Gasteiger partial charge in [0.1, 0.15) is 0 Å². The van der Waals surface area contributed by atoms with E-state index in [0.717, 1.165) is 37.6 Å². The van der Waals surface area contributed by atoms with E-state index in [0.29, 0.717) is 12.0 Å². The number of nitrogens with one attached hydrogen (secondary N) is 1. The Balaban J connectivity index is 1.50. The molecule has 2 aliphatic rings. The van der Waals surface area contributed by atoms with E-state index in [4.69, 9.17) is 11.6 Å². The number of halogens is 1. The Morgan fingerprint density at radius 1 is 1.20 bits per heavy atom. The van der Waals surface area contributed by atoms with Gasteiger partial charge in [0.15, 0.2) is 0 Å². The first-order chi connectivity index (χ1) is 12.0. The lowest BCUT2D eigenvalue weighted by Crippen LogP contribution is -2.55. The standard InChI is InChI=1S/C20H30ClN3O/c1-15-6-3-4-9-19(15)22-20(25)16(2)23-10-12-24(13-11-23)18-8-5-7-17(21)14-18/h5,7-8,14-16,19H,3-4,6,9-13H2,1-2H3,(H,22,25)/t15-,16+,19-/m0/s1. The molecule has 1 saturated heterocycles. The van der Waals surface area contributed by atoms with Gasteiger partial charge in [0.2, 0.25) is 5.91 Å². The van der Waals surface area contributed by atoms with E-state index in [9.17, 15) is 4.79 Å². The molecule has 1 aliphatic carbocycles. The Hall–Kier alpha value is -1.26. The van der Waals surface area contributed by atoms with E-state index in [-0.39, 0.29) is 11.9 Å². The molecule has 25 heavy (non-hydrogen) atoms. The van der Waals surface area contributed by atoms with Gasteiger partial charge in [0, 0.05) is 42.9 Å². The third kappa shape index (κ3) is 4.68. The van der Waals surface area contributed by atoms with Crippen LogP contribution >= 0.6 is 11.6 Å². The van der Waals surface area contributed by atoms with Crippen LogP contribution in [0.2, 0.25) is 5.02 Å². The maximum atomic E-state index is 12.7. The molecule has 3 atom stereocenters. The fourth-order valence-electron chi connectivity index (χ4n) is 4.04. The molecule has 1 aromatic rings. The van der Waals surface area contributed by atoms with Gasteiger partial charge in [0.05, 0.1) is 6.04 Å². The van der Waals surface area contributed by atoms with Crippen molar-refractivity contribution in [3.8, 4) is 0 Å². The number of amides is 1. The van der Waals surface area contributed by atoms with Crippen molar-refractivity contribution in [3.63, 3.8) is 0 Å². The van der Waals surface area contributed by atoms with Gasteiger partial charge in [-0.25, -0.2) is 0 Å². The zero-order chi connectivity index (χ0) is 17.8. The van der Waals surface area contributed by atoms with E-state index in [1.165, 1.54) is 24.9 Å². The van der Waals surface area contributed by atoms with Crippen molar-refractivity contribution >= 4 is 23.2 Å². The number of piperazine rings is 1. The maximum Gasteiger partial charge on any atom is 0.237 e. The minimum absolute atomic E-state index is 0.0596. The molecule has 1 saturated carbocycles. The van der Waals surface area contributed by atoms with Crippen molar-refractivity contribution in [2.45, 2.75) is 51.6 Å². The van der Waals surface area contributed by atoms with Gasteiger partial charge in [-0.2, -0.15) is 0 Å². The predicted molar refractivity (Wildman–Crippen MR) is 104 cm³/mol. The molecule has 1 heterocycles. The number of anilines is 1. The highest BCUT2D eigenvalue weighted by molar-refractivity contribution is 6.30. The second-order valence-electron chi connectivity index (χ2n) is 7.56. The smallest absolute Gasteiger partial charge is 0.237 e. The Bertz CT molecular complexity index is 586. The summed E-state index contributed by atoms with van der Waals surface area (Å²) in [7, 11) is 0. The lowest BCUT2D eigenvalue weighted by molar-refractivity contribution is -0.127. The molecule has 138 valence electrons. The summed E-state index contributed by atoms with van der Waals surface area (Å²) in [5.74, 6) is 0.791.